The van der Waals surface area contributed by atoms with Gasteiger partial charge in [-0.1, -0.05) is 29.8 Å². The van der Waals surface area contributed by atoms with Crippen molar-refractivity contribution in [3.05, 3.63) is 35.4 Å². The van der Waals surface area contributed by atoms with Gasteiger partial charge in [0.15, 0.2) is 0 Å². The van der Waals surface area contributed by atoms with E-state index in [1.165, 1.54) is 0 Å². The van der Waals surface area contributed by atoms with Crippen LogP contribution in [0.2, 0.25) is 0 Å². The number of carboxylic acids is 1. The molecule has 1 heterocycles. The summed E-state index contributed by atoms with van der Waals surface area (Å²) < 4.78 is 0. The summed E-state index contributed by atoms with van der Waals surface area (Å²) in [5.74, 6) is -1.19. The Morgan fingerprint density at radius 2 is 2.12 bits per heavy atom. The van der Waals surface area contributed by atoms with E-state index < -0.39 is 5.97 Å². The molecule has 0 atom stereocenters. The van der Waals surface area contributed by atoms with E-state index in [4.69, 9.17) is 5.11 Å². The highest BCUT2D eigenvalue weighted by atomic mass is 16.4. The fraction of sp³-hybridized carbons (Fsp3) is 0.385. The summed E-state index contributed by atoms with van der Waals surface area (Å²) in [5, 5.41) is 8.72. The molecule has 0 unspecified atom stereocenters. The first-order valence-electron chi connectivity index (χ1n) is 5.62. The number of carboxylic acid groups (broad SMARTS) is 1. The first-order valence-corrected chi connectivity index (χ1v) is 5.62. The van der Waals surface area contributed by atoms with Gasteiger partial charge in [0.05, 0.1) is 12.3 Å². The smallest absolute Gasteiger partial charge is 0.310 e. The molecule has 0 bridgehead atoms. The molecule has 1 aromatic rings. The number of carbonyl (C=O) groups excluding carboxylic acids is 1. The number of aryl methyl sites for hydroxylation is 1. The Balaban J connectivity index is 1.89. The maximum Gasteiger partial charge on any atom is 0.310 e. The second kappa shape index (κ2) is 4.57. The Morgan fingerprint density at radius 3 is 2.71 bits per heavy atom. The second-order valence-electron chi connectivity index (χ2n) is 4.50. The topological polar surface area (TPSA) is 57.6 Å². The highest BCUT2D eigenvalue weighted by Gasteiger charge is 2.35. The molecule has 0 spiro atoms. The number of benzene rings is 1. The number of likely N-dealkylation sites (tertiary alicyclic amines) is 1. The van der Waals surface area contributed by atoms with Crippen LogP contribution in [-0.2, 0) is 16.0 Å². The number of nitrogens with zero attached hydrogens (tertiary/aromatic N) is 1. The van der Waals surface area contributed by atoms with Crippen LogP contribution in [0.1, 0.15) is 11.1 Å². The lowest BCUT2D eigenvalue weighted by atomic mass is 9.99. The summed E-state index contributed by atoms with van der Waals surface area (Å²) in [6, 6.07) is 7.80. The van der Waals surface area contributed by atoms with Gasteiger partial charge in [0.2, 0.25) is 5.91 Å². The van der Waals surface area contributed by atoms with Gasteiger partial charge in [-0.3, -0.25) is 9.59 Å². The van der Waals surface area contributed by atoms with E-state index in [-0.39, 0.29) is 11.8 Å². The van der Waals surface area contributed by atoms with Crippen LogP contribution in [0.25, 0.3) is 0 Å². The van der Waals surface area contributed by atoms with Crippen LogP contribution in [0.3, 0.4) is 0 Å². The van der Waals surface area contributed by atoms with E-state index in [2.05, 4.69) is 0 Å². The number of rotatable bonds is 3. The van der Waals surface area contributed by atoms with Crippen molar-refractivity contribution >= 4 is 11.9 Å². The zero-order chi connectivity index (χ0) is 12.4. The molecule has 4 nitrogen and oxygen atoms in total. The van der Waals surface area contributed by atoms with E-state index in [1.54, 1.807) is 4.90 Å². The monoisotopic (exact) mass is 233 g/mol. The summed E-state index contributed by atoms with van der Waals surface area (Å²) >= 11 is 0. The van der Waals surface area contributed by atoms with Crippen molar-refractivity contribution in [1.82, 2.24) is 4.90 Å². The van der Waals surface area contributed by atoms with Crippen molar-refractivity contribution in [2.75, 3.05) is 13.1 Å². The van der Waals surface area contributed by atoms with Gasteiger partial charge in [0.25, 0.3) is 0 Å². The molecule has 1 aliphatic rings. The molecule has 1 aromatic carbocycles. The van der Waals surface area contributed by atoms with Crippen LogP contribution in [0.4, 0.5) is 0 Å². The molecular weight excluding hydrogens is 218 g/mol. The van der Waals surface area contributed by atoms with Gasteiger partial charge in [-0.15, -0.1) is 0 Å². The highest BCUT2D eigenvalue weighted by molar-refractivity contribution is 5.82. The van der Waals surface area contributed by atoms with Crippen molar-refractivity contribution in [2.45, 2.75) is 13.3 Å². The number of carbonyl (C=O) groups is 2. The Bertz CT molecular complexity index is 450. The van der Waals surface area contributed by atoms with Gasteiger partial charge in [-0.25, -0.2) is 0 Å². The van der Waals surface area contributed by atoms with Gasteiger partial charge in [0, 0.05) is 13.1 Å². The van der Waals surface area contributed by atoms with E-state index in [1.807, 2.05) is 31.2 Å². The number of aliphatic carboxylic acids is 1. The summed E-state index contributed by atoms with van der Waals surface area (Å²) in [5.41, 5.74) is 2.11. The average molecular weight is 233 g/mol. The summed E-state index contributed by atoms with van der Waals surface area (Å²) in [6.45, 7) is 2.68. The fourth-order valence-electron chi connectivity index (χ4n) is 1.95. The molecule has 0 aliphatic carbocycles. The molecule has 0 radical (unpaired) electrons. The molecule has 1 fully saturated rings. The van der Waals surface area contributed by atoms with E-state index in [0.29, 0.717) is 19.5 Å². The lowest BCUT2D eigenvalue weighted by molar-refractivity contribution is -0.152. The number of hydrogen-bond acceptors (Lipinski definition) is 2. The van der Waals surface area contributed by atoms with Gasteiger partial charge < -0.3 is 10.0 Å². The SMILES string of the molecule is Cc1cccc(CC(=O)N2CC(C(=O)O)C2)c1. The van der Waals surface area contributed by atoms with E-state index >= 15 is 0 Å². The third kappa shape index (κ3) is 2.64. The van der Waals surface area contributed by atoms with Crippen LogP contribution in [-0.4, -0.2) is 35.0 Å². The van der Waals surface area contributed by atoms with Crippen molar-refractivity contribution in [1.29, 1.82) is 0 Å². The maximum absolute atomic E-state index is 11.8. The molecule has 2 rings (SSSR count). The fourth-order valence-corrected chi connectivity index (χ4v) is 1.95. The lowest BCUT2D eigenvalue weighted by Crippen LogP contribution is -2.53. The molecule has 1 amide bonds. The minimum Gasteiger partial charge on any atom is -0.481 e. The van der Waals surface area contributed by atoms with Crippen LogP contribution in [0.15, 0.2) is 24.3 Å². The van der Waals surface area contributed by atoms with Crippen molar-refractivity contribution in [2.24, 2.45) is 5.92 Å². The molecule has 0 aromatic heterocycles. The van der Waals surface area contributed by atoms with Crippen LogP contribution >= 0.6 is 0 Å². The van der Waals surface area contributed by atoms with Crippen LogP contribution < -0.4 is 0 Å². The zero-order valence-electron chi connectivity index (χ0n) is 9.72. The quantitative estimate of drug-likeness (QED) is 0.850. The van der Waals surface area contributed by atoms with E-state index in [9.17, 15) is 9.59 Å². The highest BCUT2D eigenvalue weighted by Crippen LogP contribution is 2.17. The van der Waals surface area contributed by atoms with Gasteiger partial charge >= 0.3 is 5.97 Å². The van der Waals surface area contributed by atoms with E-state index in [0.717, 1.165) is 11.1 Å². The molecule has 4 heteroatoms. The average Bonchev–Trinajstić information content (AvgIpc) is 2.13. The summed E-state index contributed by atoms with van der Waals surface area (Å²) in [4.78, 5) is 24.0. The lowest BCUT2D eigenvalue weighted by Gasteiger charge is -2.36. The van der Waals surface area contributed by atoms with Crippen molar-refractivity contribution in [3.63, 3.8) is 0 Å². The minimum atomic E-state index is -0.815. The maximum atomic E-state index is 11.8. The molecule has 1 N–H and O–H groups in total. The van der Waals surface area contributed by atoms with Gasteiger partial charge in [-0.05, 0) is 12.5 Å². The summed E-state index contributed by atoms with van der Waals surface area (Å²) in [7, 11) is 0. The van der Waals surface area contributed by atoms with Crippen LogP contribution in [0, 0.1) is 12.8 Å². The second-order valence-corrected chi connectivity index (χ2v) is 4.50. The molecular formula is C13H15NO3. The standard InChI is InChI=1S/C13H15NO3/c1-9-3-2-4-10(5-9)6-12(15)14-7-11(8-14)13(16)17/h2-5,11H,6-8H2,1H3,(H,16,17). The molecule has 1 aliphatic heterocycles. The predicted molar refractivity (Wildman–Crippen MR) is 62.6 cm³/mol. The Morgan fingerprint density at radius 1 is 1.41 bits per heavy atom. The Kier molecular flexibility index (Phi) is 3.13. The Labute approximate surface area is 99.9 Å². The number of hydrogen-bond donors (Lipinski definition) is 1. The third-order valence-electron chi connectivity index (χ3n) is 3.02. The molecule has 17 heavy (non-hydrogen) atoms. The molecule has 0 saturated carbocycles. The summed E-state index contributed by atoms with van der Waals surface area (Å²) in [6.07, 6.45) is 0.355. The minimum absolute atomic E-state index is 0.00750. The molecule has 90 valence electrons. The third-order valence-corrected chi connectivity index (χ3v) is 3.02. The Hall–Kier alpha value is -1.84. The zero-order valence-corrected chi connectivity index (χ0v) is 9.72. The van der Waals surface area contributed by atoms with Crippen molar-refractivity contribution < 1.29 is 14.7 Å². The largest absolute Gasteiger partial charge is 0.481 e. The molecule has 1 saturated heterocycles. The van der Waals surface area contributed by atoms with Gasteiger partial charge in [0.1, 0.15) is 0 Å². The van der Waals surface area contributed by atoms with Crippen molar-refractivity contribution in [3.8, 4) is 0 Å². The first-order chi connectivity index (χ1) is 8.06. The van der Waals surface area contributed by atoms with Gasteiger partial charge in [-0.2, -0.15) is 0 Å². The first kappa shape index (κ1) is 11.6. The predicted octanol–water partition coefficient (Wildman–Crippen LogP) is 1.08. The van der Waals surface area contributed by atoms with Crippen LogP contribution in [0.5, 0.6) is 0 Å². The normalized spacial score (nSPS) is 15.5. The number of amides is 1.